The molecule has 0 amide bonds. The van der Waals surface area contributed by atoms with E-state index in [1.54, 1.807) is 5.56 Å². The standard InChI is InChI=1S/C13H20.C12H18/c1-7-13-11(5)9(3)8(2)10(4)12(13)6;1-7-8(2)10(4)12(6)11(5)9(7)3/h7H2,1-6H3;1-6H3. The zero-order chi connectivity index (χ0) is 19.6. The van der Waals surface area contributed by atoms with Crippen molar-refractivity contribution < 1.29 is 0 Å². The molecule has 25 heavy (non-hydrogen) atoms. The second kappa shape index (κ2) is 8.21. The Balaban J connectivity index is 0.000000251. The van der Waals surface area contributed by atoms with E-state index in [0.29, 0.717) is 0 Å². The third-order valence-electron chi connectivity index (χ3n) is 6.88. The average molecular weight is 339 g/mol. The molecule has 0 bridgehead atoms. The minimum Gasteiger partial charge on any atom is -0.0613 e. The molecule has 0 atom stereocenters. The van der Waals surface area contributed by atoms with Gasteiger partial charge in [0.25, 0.3) is 0 Å². The van der Waals surface area contributed by atoms with Crippen LogP contribution in [0.3, 0.4) is 0 Å². The van der Waals surface area contributed by atoms with Gasteiger partial charge in [0.2, 0.25) is 0 Å². The molecule has 0 nitrogen and oxygen atoms in total. The first-order valence-electron chi connectivity index (χ1n) is 9.56. The van der Waals surface area contributed by atoms with Crippen LogP contribution in [-0.2, 0) is 6.42 Å². The third kappa shape index (κ3) is 4.00. The minimum absolute atomic E-state index is 1.15. The summed E-state index contributed by atoms with van der Waals surface area (Å²) in [6, 6.07) is 0. The summed E-state index contributed by atoms with van der Waals surface area (Å²) in [6.45, 7) is 26.7. The zero-order valence-corrected chi connectivity index (χ0v) is 18.7. The van der Waals surface area contributed by atoms with E-state index in [1.165, 1.54) is 61.2 Å². The highest BCUT2D eigenvalue weighted by Gasteiger charge is 2.10. The summed E-state index contributed by atoms with van der Waals surface area (Å²) >= 11 is 0. The predicted octanol–water partition coefficient (Wildman–Crippen LogP) is 7.33. The van der Waals surface area contributed by atoms with E-state index in [4.69, 9.17) is 0 Å². The van der Waals surface area contributed by atoms with E-state index in [-0.39, 0.29) is 0 Å². The molecule has 0 saturated heterocycles. The smallest absolute Gasteiger partial charge is 0.0302 e. The van der Waals surface area contributed by atoms with Gasteiger partial charge in [0.05, 0.1) is 0 Å². The minimum atomic E-state index is 1.15. The molecule has 0 unspecified atom stereocenters. The van der Waals surface area contributed by atoms with Gasteiger partial charge in [-0.3, -0.25) is 0 Å². The molecule has 0 heteroatoms. The molecule has 0 fully saturated rings. The number of hydrogen-bond donors (Lipinski definition) is 0. The molecule has 0 aromatic heterocycles. The van der Waals surface area contributed by atoms with Gasteiger partial charge in [0.15, 0.2) is 0 Å². The maximum atomic E-state index is 2.24. The molecule has 0 heterocycles. The quantitative estimate of drug-likeness (QED) is 0.510. The van der Waals surface area contributed by atoms with E-state index in [2.05, 4.69) is 83.1 Å². The van der Waals surface area contributed by atoms with Gasteiger partial charge in [-0.15, -0.1) is 0 Å². The molecular formula is C25H38. The molecule has 0 radical (unpaired) electrons. The Kier molecular flexibility index (Phi) is 7.06. The molecule has 2 aromatic carbocycles. The second-order valence-corrected chi connectivity index (χ2v) is 7.71. The van der Waals surface area contributed by atoms with E-state index in [9.17, 15) is 0 Å². The van der Waals surface area contributed by atoms with E-state index in [1.807, 2.05) is 0 Å². The fourth-order valence-corrected chi connectivity index (χ4v) is 3.80. The van der Waals surface area contributed by atoms with Crippen LogP contribution in [0.5, 0.6) is 0 Å². The van der Waals surface area contributed by atoms with E-state index in [0.717, 1.165) is 6.42 Å². The Morgan fingerprint density at radius 1 is 0.320 bits per heavy atom. The van der Waals surface area contributed by atoms with Gasteiger partial charge in [0.1, 0.15) is 0 Å². The lowest BCUT2D eigenvalue weighted by molar-refractivity contribution is 1.03. The van der Waals surface area contributed by atoms with Gasteiger partial charge in [-0.25, -0.2) is 0 Å². The third-order valence-corrected chi connectivity index (χ3v) is 6.88. The van der Waals surface area contributed by atoms with Gasteiger partial charge in [-0.2, -0.15) is 0 Å². The summed E-state index contributed by atoms with van der Waals surface area (Å²) in [7, 11) is 0. The van der Waals surface area contributed by atoms with E-state index < -0.39 is 0 Å². The SMILES string of the molecule is CCc1c(C)c(C)c(C)c(C)c1C.Cc1c(C)c(C)c(C)c(C)c1C. The molecule has 2 aromatic rings. The Bertz CT molecular complexity index is 655. The normalized spacial score (nSPS) is 10.6. The summed E-state index contributed by atoms with van der Waals surface area (Å²) < 4.78 is 0. The van der Waals surface area contributed by atoms with Gasteiger partial charge in [0, 0.05) is 0 Å². The molecule has 0 aliphatic rings. The lowest BCUT2D eigenvalue weighted by Gasteiger charge is -2.17. The van der Waals surface area contributed by atoms with Crippen LogP contribution < -0.4 is 0 Å². The van der Waals surface area contributed by atoms with Crippen molar-refractivity contribution in [1.29, 1.82) is 0 Å². The monoisotopic (exact) mass is 338 g/mol. The van der Waals surface area contributed by atoms with Crippen molar-refractivity contribution in [2.75, 3.05) is 0 Å². The van der Waals surface area contributed by atoms with Gasteiger partial charge < -0.3 is 0 Å². The summed E-state index contributed by atoms with van der Waals surface area (Å²) in [6.07, 6.45) is 1.15. The highest BCUT2D eigenvalue weighted by atomic mass is 14.2. The first-order chi connectivity index (χ1) is 11.5. The second-order valence-electron chi connectivity index (χ2n) is 7.71. The topological polar surface area (TPSA) is 0 Å². The van der Waals surface area contributed by atoms with Crippen molar-refractivity contribution in [3.05, 3.63) is 66.8 Å². The summed E-state index contributed by atoms with van der Waals surface area (Å²) in [5.41, 5.74) is 17.7. The summed E-state index contributed by atoms with van der Waals surface area (Å²) in [5, 5.41) is 0. The lowest BCUT2D eigenvalue weighted by atomic mass is 9.89. The number of hydrogen-bond acceptors (Lipinski definition) is 0. The van der Waals surface area contributed by atoms with Crippen molar-refractivity contribution in [3.8, 4) is 0 Å². The predicted molar refractivity (Wildman–Crippen MR) is 114 cm³/mol. The lowest BCUT2D eigenvalue weighted by Crippen LogP contribution is -2.01. The van der Waals surface area contributed by atoms with Crippen LogP contribution in [0, 0.1) is 76.2 Å². The Labute approximate surface area is 156 Å². The van der Waals surface area contributed by atoms with Crippen molar-refractivity contribution in [2.24, 2.45) is 0 Å². The number of rotatable bonds is 1. The summed E-state index contributed by atoms with van der Waals surface area (Å²) in [5.74, 6) is 0. The highest BCUT2D eigenvalue weighted by molar-refractivity contribution is 5.49. The summed E-state index contributed by atoms with van der Waals surface area (Å²) in [4.78, 5) is 0. The van der Waals surface area contributed by atoms with Gasteiger partial charge >= 0.3 is 0 Å². The number of benzene rings is 2. The largest absolute Gasteiger partial charge is 0.0613 e. The highest BCUT2D eigenvalue weighted by Crippen LogP contribution is 2.26. The molecule has 138 valence electrons. The fraction of sp³-hybridized carbons (Fsp3) is 0.520. The fourth-order valence-electron chi connectivity index (χ4n) is 3.80. The van der Waals surface area contributed by atoms with Crippen LogP contribution in [-0.4, -0.2) is 0 Å². The van der Waals surface area contributed by atoms with E-state index >= 15 is 0 Å². The molecule has 0 spiro atoms. The zero-order valence-electron chi connectivity index (χ0n) is 18.7. The molecule has 0 saturated carbocycles. The maximum Gasteiger partial charge on any atom is -0.0302 e. The Morgan fingerprint density at radius 2 is 0.480 bits per heavy atom. The first kappa shape index (κ1) is 21.5. The van der Waals surface area contributed by atoms with Crippen molar-refractivity contribution in [2.45, 2.75) is 89.5 Å². The molecule has 0 aliphatic heterocycles. The van der Waals surface area contributed by atoms with Crippen LogP contribution in [0.4, 0.5) is 0 Å². The van der Waals surface area contributed by atoms with Crippen LogP contribution in [0.25, 0.3) is 0 Å². The van der Waals surface area contributed by atoms with Crippen LogP contribution in [0.2, 0.25) is 0 Å². The van der Waals surface area contributed by atoms with Crippen molar-refractivity contribution in [3.63, 3.8) is 0 Å². The molecule has 0 aliphatic carbocycles. The van der Waals surface area contributed by atoms with Crippen LogP contribution >= 0.6 is 0 Å². The van der Waals surface area contributed by atoms with Crippen LogP contribution in [0.15, 0.2) is 0 Å². The Hall–Kier alpha value is -1.56. The molecule has 2 rings (SSSR count). The van der Waals surface area contributed by atoms with Gasteiger partial charge in [-0.1, -0.05) is 6.92 Å². The van der Waals surface area contributed by atoms with Crippen molar-refractivity contribution in [1.82, 2.24) is 0 Å². The molecule has 0 N–H and O–H groups in total. The van der Waals surface area contributed by atoms with Crippen molar-refractivity contribution >= 4 is 0 Å². The Morgan fingerprint density at radius 3 is 0.640 bits per heavy atom. The maximum absolute atomic E-state index is 2.24. The van der Waals surface area contributed by atoms with Crippen LogP contribution in [0.1, 0.15) is 73.7 Å². The molecular weight excluding hydrogens is 300 g/mol. The first-order valence-corrected chi connectivity index (χ1v) is 9.56. The van der Waals surface area contributed by atoms with Gasteiger partial charge in [-0.05, 0) is 149 Å². The average Bonchev–Trinajstić information content (AvgIpc) is 2.61.